The van der Waals surface area contributed by atoms with E-state index in [0.29, 0.717) is 19.7 Å². The molecule has 0 bridgehead atoms. The number of para-hydroxylation sites is 1. The van der Waals surface area contributed by atoms with Crippen LogP contribution in [0.15, 0.2) is 47.8 Å². The highest BCUT2D eigenvalue weighted by Crippen LogP contribution is 2.27. The van der Waals surface area contributed by atoms with E-state index < -0.39 is 6.04 Å². The molecule has 1 N–H and O–H groups in total. The zero-order valence-corrected chi connectivity index (χ0v) is 13.4. The van der Waals surface area contributed by atoms with E-state index in [2.05, 4.69) is 5.32 Å². The lowest BCUT2D eigenvalue weighted by atomic mass is 10.1. The summed E-state index contributed by atoms with van der Waals surface area (Å²) >= 11 is 1.49. The molecule has 0 aliphatic carbocycles. The summed E-state index contributed by atoms with van der Waals surface area (Å²) in [5.74, 6) is 0.566. The van der Waals surface area contributed by atoms with Crippen LogP contribution >= 0.6 is 11.3 Å². The van der Waals surface area contributed by atoms with Crippen LogP contribution in [0.1, 0.15) is 17.3 Å². The molecule has 0 radical (unpaired) electrons. The average molecular weight is 330 g/mol. The van der Waals surface area contributed by atoms with E-state index in [1.807, 2.05) is 47.8 Å². The Hall–Kier alpha value is -2.34. The summed E-state index contributed by atoms with van der Waals surface area (Å²) in [6.07, 6.45) is 0.254. The van der Waals surface area contributed by atoms with Gasteiger partial charge in [0.05, 0.1) is 13.0 Å². The van der Waals surface area contributed by atoms with Crippen LogP contribution in [-0.2, 0) is 9.59 Å². The molecule has 2 aromatic rings. The molecule has 2 amide bonds. The first-order valence-electron chi connectivity index (χ1n) is 7.54. The van der Waals surface area contributed by atoms with Gasteiger partial charge in [-0.1, -0.05) is 24.3 Å². The summed E-state index contributed by atoms with van der Waals surface area (Å²) in [5, 5.41) is 4.74. The fourth-order valence-electron chi connectivity index (χ4n) is 2.58. The van der Waals surface area contributed by atoms with Crippen LogP contribution in [0.3, 0.4) is 0 Å². The Balaban J connectivity index is 1.61. The molecule has 5 nitrogen and oxygen atoms in total. The lowest BCUT2D eigenvalue weighted by Crippen LogP contribution is -2.52. The van der Waals surface area contributed by atoms with Gasteiger partial charge in [0, 0.05) is 18.0 Å². The van der Waals surface area contributed by atoms with E-state index in [4.69, 9.17) is 4.74 Å². The predicted octanol–water partition coefficient (Wildman–Crippen LogP) is 2.22. The third-order valence-corrected chi connectivity index (χ3v) is 4.60. The third-order valence-electron chi connectivity index (χ3n) is 3.67. The Labute approximate surface area is 138 Å². The molecule has 0 saturated carbocycles. The van der Waals surface area contributed by atoms with Crippen molar-refractivity contribution in [1.82, 2.24) is 10.2 Å². The summed E-state index contributed by atoms with van der Waals surface area (Å²) < 4.78 is 5.57. The number of hydrogen-bond donors (Lipinski definition) is 1. The second-order valence-corrected chi connectivity index (χ2v) is 6.19. The Kier molecular flexibility index (Phi) is 4.92. The molecule has 1 aromatic carbocycles. The summed E-state index contributed by atoms with van der Waals surface area (Å²) in [6, 6.07) is 12.7. The minimum Gasteiger partial charge on any atom is -0.493 e. The number of rotatable bonds is 5. The standard InChI is InChI=1S/C17H18N2O3S/c20-15(8-11-22-13-5-2-1-3-6-13)19-10-9-18-17(21)16(19)14-7-4-12-23-14/h1-7,12,16H,8-11H2,(H,18,21)/t16-/m1/s1. The maximum Gasteiger partial charge on any atom is 0.248 e. The van der Waals surface area contributed by atoms with Crippen molar-refractivity contribution in [3.63, 3.8) is 0 Å². The number of benzene rings is 1. The van der Waals surface area contributed by atoms with Gasteiger partial charge in [0.1, 0.15) is 11.8 Å². The lowest BCUT2D eigenvalue weighted by Gasteiger charge is -2.34. The molecule has 2 heterocycles. The molecule has 1 fully saturated rings. The van der Waals surface area contributed by atoms with Gasteiger partial charge in [0.2, 0.25) is 11.8 Å². The zero-order valence-electron chi connectivity index (χ0n) is 12.6. The van der Waals surface area contributed by atoms with Gasteiger partial charge in [0.15, 0.2) is 0 Å². The van der Waals surface area contributed by atoms with Crippen molar-refractivity contribution >= 4 is 23.2 Å². The number of ether oxygens (including phenoxy) is 1. The Morgan fingerprint density at radius 3 is 2.83 bits per heavy atom. The molecular formula is C17H18N2O3S. The zero-order chi connectivity index (χ0) is 16.1. The van der Waals surface area contributed by atoms with Gasteiger partial charge in [-0.05, 0) is 23.6 Å². The minimum atomic E-state index is -0.520. The highest BCUT2D eigenvalue weighted by atomic mass is 32.1. The molecule has 1 aliphatic heterocycles. The van der Waals surface area contributed by atoms with Crippen molar-refractivity contribution in [2.75, 3.05) is 19.7 Å². The van der Waals surface area contributed by atoms with Crippen molar-refractivity contribution in [3.05, 3.63) is 52.7 Å². The SMILES string of the molecule is O=C1NCCN(C(=O)CCOc2ccccc2)[C@@H]1c1cccs1. The van der Waals surface area contributed by atoms with E-state index in [1.54, 1.807) is 4.90 Å². The maximum atomic E-state index is 12.5. The number of carbonyl (C=O) groups is 2. The van der Waals surface area contributed by atoms with Crippen LogP contribution in [0, 0.1) is 0 Å². The number of thiophene rings is 1. The summed E-state index contributed by atoms with van der Waals surface area (Å²) in [6.45, 7) is 1.32. The maximum absolute atomic E-state index is 12.5. The number of piperazine rings is 1. The van der Waals surface area contributed by atoms with Crippen LogP contribution in [0.2, 0.25) is 0 Å². The molecule has 1 aliphatic rings. The molecule has 6 heteroatoms. The number of amides is 2. The van der Waals surface area contributed by atoms with Crippen molar-refractivity contribution in [2.24, 2.45) is 0 Å². The topological polar surface area (TPSA) is 58.6 Å². The van der Waals surface area contributed by atoms with E-state index >= 15 is 0 Å². The average Bonchev–Trinajstić information content (AvgIpc) is 3.09. The van der Waals surface area contributed by atoms with Crippen LogP contribution in [0.4, 0.5) is 0 Å². The first kappa shape index (κ1) is 15.6. The third kappa shape index (κ3) is 3.71. The monoisotopic (exact) mass is 330 g/mol. The molecule has 1 atom stereocenters. The first-order chi connectivity index (χ1) is 11.3. The van der Waals surface area contributed by atoms with E-state index in [0.717, 1.165) is 10.6 Å². The Morgan fingerprint density at radius 2 is 2.09 bits per heavy atom. The van der Waals surface area contributed by atoms with Crippen LogP contribution < -0.4 is 10.1 Å². The highest BCUT2D eigenvalue weighted by Gasteiger charge is 2.34. The van der Waals surface area contributed by atoms with E-state index in [1.165, 1.54) is 11.3 Å². The van der Waals surface area contributed by atoms with Gasteiger partial charge in [-0.15, -0.1) is 11.3 Å². The van der Waals surface area contributed by atoms with Crippen LogP contribution in [-0.4, -0.2) is 36.4 Å². The van der Waals surface area contributed by atoms with Crippen molar-refractivity contribution < 1.29 is 14.3 Å². The fourth-order valence-corrected chi connectivity index (χ4v) is 3.42. The molecule has 3 rings (SSSR count). The second-order valence-electron chi connectivity index (χ2n) is 5.21. The van der Waals surface area contributed by atoms with Crippen molar-refractivity contribution in [3.8, 4) is 5.75 Å². The predicted molar refractivity (Wildman–Crippen MR) is 88.3 cm³/mol. The fraction of sp³-hybridized carbons (Fsp3) is 0.294. The van der Waals surface area contributed by atoms with Gasteiger partial charge in [-0.2, -0.15) is 0 Å². The van der Waals surface area contributed by atoms with E-state index in [-0.39, 0.29) is 18.2 Å². The Morgan fingerprint density at radius 1 is 1.26 bits per heavy atom. The second kappa shape index (κ2) is 7.28. The molecule has 23 heavy (non-hydrogen) atoms. The first-order valence-corrected chi connectivity index (χ1v) is 8.42. The van der Waals surface area contributed by atoms with Gasteiger partial charge >= 0.3 is 0 Å². The Bertz CT molecular complexity index is 658. The van der Waals surface area contributed by atoms with Crippen molar-refractivity contribution in [1.29, 1.82) is 0 Å². The van der Waals surface area contributed by atoms with Crippen molar-refractivity contribution in [2.45, 2.75) is 12.5 Å². The van der Waals surface area contributed by atoms with Gasteiger partial charge in [0.25, 0.3) is 0 Å². The lowest BCUT2D eigenvalue weighted by molar-refractivity contribution is -0.143. The number of nitrogens with one attached hydrogen (secondary N) is 1. The van der Waals surface area contributed by atoms with Gasteiger partial charge < -0.3 is 15.0 Å². The molecular weight excluding hydrogens is 312 g/mol. The summed E-state index contributed by atoms with van der Waals surface area (Å²) in [7, 11) is 0. The van der Waals surface area contributed by atoms with Gasteiger partial charge in [-0.3, -0.25) is 9.59 Å². The van der Waals surface area contributed by atoms with Crippen LogP contribution in [0.25, 0.3) is 0 Å². The minimum absolute atomic E-state index is 0.0609. The molecule has 0 spiro atoms. The molecule has 0 unspecified atom stereocenters. The number of nitrogens with zero attached hydrogens (tertiary/aromatic N) is 1. The quantitative estimate of drug-likeness (QED) is 0.914. The summed E-state index contributed by atoms with van der Waals surface area (Å²) in [4.78, 5) is 27.2. The van der Waals surface area contributed by atoms with E-state index in [9.17, 15) is 9.59 Å². The summed E-state index contributed by atoms with van der Waals surface area (Å²) in [5.41, 5.74) is 0. The van der Waals surface area contributed by atoms with Gasteiger partial charge in [-0.25, -0.2) is 0 Å². The molecule has 120 valence electrons. The highest BCUT2D eigenvalue weighted by molar-refractivity contribution is 7.10. The molecule has 1 aromatic heterocycles. The number of carbonyl (C=O) groups excluding carboxylic acids is 2. The normalized spacial score (nSPS) is 17.7. The van der Waals surface area contributed by atoms with Crippen LogP contribution in [0.5, 0.6) is 5.75 Å². The largest absolute Gasteiger partial charge is 0.493 e. The smallest absolute Gasteiger partial charge is 0.248 e. The number of hydrogen-bond acceptors (Lipinski definition) is 4. The molecule has 1 saturated heterocycles.